The molecule has 4 nitrogen and oxygen atoms in total. The van der Waals surface area contributed by atoms with E-state index in [0.29, 0.717) is 17.0 Å². The van der Waals surface area contributed by atoms with Crippen LogP contribution in [0.1, 0.15) is 26.3 Å². The summed E-state index contributed by atoms with van der Waals surface area (Å²) in [5.74, 6) is 0.597. The molecule has 0 atom stereocenters. The van der Waals surface area contributed by atoms with Crippen molar-refractivity contribution in [3.05, 3.63) is 29.8 Å². The number of rotatable bonds is 4. The lowest BCUT2D eigenvalue weighted by Crippen LogP contribution is -2.28. The third-order valence-corrected chi connectivity index (χ3v) is 2.01. The molecule has 16 heavy (non-hydrogen) atoms. The summed E-state index contributed by atoms with van der Waals surface area (Å²) >= 11 is 0. The van der Waals surface area contributed by atoms with Gasteiger partial charge in [-0.15, -0.1) is 0 Å². The number of ether oxygens (including phenoxy) is 1. The second kappa shape index (κ2) is 4.99. The highest BCUT2D eigenvalue weighted by molar-refractivity contribution is 6.00. The Morgan fingerprint density at radius 2 is 2.00 bits per heavy atom. The van der Waals surface area contributed by atoms with Crippen LogP contribution in [0.15, 0.2) is 29.4 Å². The van der Waals surface area contributed by atoms with Gasteiger partial charge in [0.1, 0.15) is 12.4 Å². The molecule has 88 valence electrons. The van der Waals surface area contributed by atoms with Gasteiger partial charge in [-0.25, -0.2) is 0 Å². The van der Waals surface area contributed by atoms with Crippen LogP contribution in [-0.2, 0) is 0 Å². The van der Waals surface area contributed by atoms with Gasteiger partial charge in [0.15, 0.2) is 0 Å². The molecule has 4 heteroatoms. The molecule has 0 saturated heterocycles. The van der Waals surface area contributed by atoms with Gasteiger partial charge in [0.25, 0.3) is 0 Å². The molecule has 0 radical (unpaired) electrons. The molecular formula is C12H17NO3. The van der Waals surface area contributed by atoms with Gasteiger partial charge < -0.3 is 15.1 Å². The molecule has 0 heterocycles. The molecule has 0 aliphatic heterocycles. The van der Waals surface area contributed by atoms with Crippen molar-refractivity contribution >= 4 is 5.71 Å². The molecule has 1 aromatic rings. The van der Waals surface area contributed by atoms with E-state index in [4.69, 9.17) is 9.94 Å². The highest BCUT2D eigenvalue weighted by Gasteiger charge is 2.15. The van der Waals surface area contributed by atoms with E-state index in [0.717, 1.165) is 0 Å². The van der Waals surface area contributed by atoms with Gasteiger partial charge in [0.05, 0.1) is 11.3 Å². The lowest BCUT2D eigenvalue weighted by atomic mass is 10.1. The molecule has 0 bridgehead atoms. The number of hydrogen-bond acceptors (Lipinski definition) is 4. The summed E-state index contributed by atoms with van der Waals surface area (Å²) in [6.07, 6.45) is 0. The summed E-state index contributed by atoms with van der Waals surface area (Å²) in [6, 6.07) is 7.24. The summed E-state index contributed by atoms with van der Waals surface area (Å²) in [5, 5.41) is 21.4. The summed E-state index contributed by atoms with van der Waals surface area (Å²) in [6.45, 7) is 5.21. The molecule has 0 aliphatic rings. The first-order chi connectivity index (χ1) is 7.44. The summed E-state index contributed by atoms with van der Waals surface area (Å²) in [7, 11) is 0. The molecule has 0 fully saturated rings. The van der Waals surface area contributed by atoms with Gasteiger partial charge in [0, 0.05) is 5.56 Å². The van der Waals surface area contributed by atoms with Crippen LogP contribution < -0.4 is 4.74 Å². The van der Waals surface area contributed by atoms with E-state index in [1.165, 1.54) is 0 Å². The molecule has 0 spiro atoms. The van der Waals surface area contributed by atoms with Crippen molar-refractivity contribution in [2.75, 3.05) is 6.61 Å². The predicted molar refractivity (Wildman–Crippen MR) is 62.2 cm³/mol. The average Bonchev–Trinajstić information content (AvgIpc) is 2.25. The van der Waals surface area contributed by atoms with Gasteiger partial charge in [-0.1, -0.05) is 17.3 Å². The summed E-state index contributed by atoms with van der Waals surface area (Å²) in [5.41, 5.74) is 0.304. The zero-order chi connectivity index (χ0) is 12.2. The first kappa shape index (κ1) is 12.5. The Labute approximate surface area is 95.2 Å². The monoisotopic (exact) mass is 223 g/mol. The first-order valence-electron chi connectivity index (χ1n) is 5.07. The van der Waals surface area contributed by atoms with Crippen molar-refractivity contribution in [3.8, 4) is 5.75 Å². The highest BCUT2D eigenvalue weighted by atomic mass is 16.5. The van der Waals surface area contributed by atoms with Crippen molar-refractivity contribution in [2.24, 2.45) is 5.16 Å². The lowest BCUT2D eigenvalue weighted by Gasteiger charge is -2.19. The molecule has 2 N–H and O–H groups in total. The smallest absolute Gasteiger partial charge is 0.128 e. The topological polar surface area (TPSA) is 62.1 Å². The third-order valence-electron chi connectivity index (χ3n) is 2.01. The van der Waals surface area contributed by atoms with E-state index in [1.54, 1.807) is 32.9 Å². The number of hydrogen-bond donors (Lipinski definition) is 2. The van der Waals surface area contributed by atoms with E-state index < -0.39 is 5.60 Å². The van der Waals surface area contributed by atoms with Gasteiger partial charge in [-0.05, 0) is 32.9 Å². The minimum atomic E-state index is -0.891. The molecule has 1 aromatic carbocycles. The minimum absolute atomic E-state index is 0.183. The Morgan fingerprint density at radius 3 is 2.56 bits per heavy atom. The average molecular weight is 223 g/mol. The maximum absolute atomic E-state index is 9.56. The zero-order valence-electron chi connectivity index (χ0n) is 9.77. The van der Waals surface area contributed by atoms with Crippen LogP contribution in [0.2, 0.25) is 0 Å². The maximum atomic E-state index is 9.56. The Hall–Kier alpha value is -1.55. The number of oxime groups is 1. The zero-order valence-corrected chi connectivity index (χ0v) is 9.77. The summed E-state index contributed by atoms with van der Waals surface area (Å²) < 4.78 is 5.48. The van der Waals surface area contributed by atoms with E-state index in [-0.39, 0.29) is 6.61 Å². The SMILES string of the molecule is C/C(=N\O)c1ccccc1OCC(C)(C)O. The van der Waals surface area contributed by atoms with Crippen LogP contribution in [-0.4, -0.2) is 28.2 Å². The van der Waals surface area contributed by atoms with Gasteiger partial charge >= 0.3 is 0 Å². The van der Waals surface area contributed by atoms with Crippen molar-refractivity contribution in [3.63, 3.8) is 0 Å². The molecular weight excluding hydrogens is 206 g/mol. The van der Waals surface area contributed by atoms with Crippen LogP contribution >= 0.6 is 0 Å². The molecule has 0 saturated carbocycles. The largest absolute Gasteiger partial charge is 0.490 e. The molecule has 0 unspecified atom stereocenters. The van der Waals surface area contributed by atoms with Crippen LogP contribution in [0.25, 0.3) is 0 Å². The molecule has 0 aromatic heterocycles. The number of para-hydroxylation sites is 1. The number of benzene rings is 1. The van der Waals surface area contributed by atoms with Crippen molar-refractivity contribution < 1.29 is 15.1 Å². The third kappa shape index (κ3) is 3.55. The fourth-order valence-corrected chi connectivity index (χ4v) is 1.20. The standard InChI is InChI=1S/C12H17NO3/c1-9(13-15)10-6-4-5-7-11(10)16-8-12(2,3)14/h4-7,14-15H,8H2,1-3H3/b13-9+. The Bertz CT molecular complexity index is 380. The molecule has 0 aliphatic carbocycles. The first-order valence-corrected chi connectivity index (χ1v) is 5.07. The Balaban J connectivity index is 2.88. The van der Waals surface area contributed by atoms with Gasteiger partial charge in [-0.2, -0.15) is 0 Å². The van der Waals surface area contributed by atoms with E-state index >= 15 is 0 Å². The van der Waals surface area contributed by atoms with Crippen LogP contribution in [0.5, 0.6) is 5.75 Å². The molecule has 1 rings (SSSR count). The number of nitrogens with zero attached hydrogens (tertiary/aromatic N) is 1. The van der Waals surface area contributed by atoms with Crippen LogP contribution in [0.4, 0.5) is 0 Å². The fourth-order valence-electron chi connectivity index (χ4n) is 1.20. The second-order valence-electron chi connectivity index (χ2n) is 4.28. The Morgan fingerprint density at radius 1 is 1.38 bits per heavy atom. The van der Waals surface area contributed by atoms with Crippen LogP contribution in [0.3, 0.4) is 0 Å². The molecule has 0 amide bonds. The van der Waals surface area contributed by atoms with Crippen molar-refractivity contribution in [1.29, 1.82) is 0 Å². The predicted octanol–water partition coefficient (Wildman–Crippen LogP) is 2.03. The Kier molecular flexibility index (Phi) is 3.90. The summed E-state index contributed by atoms with van der Waals surface area (Å²) in [4.78, 5) is 0. The van der Waals surface area contributed by atoms with E-state index in [2.05, 4.69) is 5.16 Å². The van der Waals surface area contributed by atoms with E-state index in [1.807, 2.05) is 12.1 Å². The minimum Gasteiger partial charge on any atom is -0.490 e. The van der Waals surface area contributed by atoms with Crippen molar-refractivity contribution in [1.82, 2.24) is 0 Å². The maximum Gasteiger partial charge on any atom is 0.128 e. The number of aliphatic hydroxyl groups is 1. The van der Waals surface area contributed by atoms with Crippen molar-refractivity contribution in [2.45, 2.75) is 26.4 Å². The normalized spacial score (nSPS) is 12.6. The fraction of sp³-hybridized carbons (Fsp3) is 0.417. The quantitative estimate of drug-likeness (QED) is 0.466. The second-order valence-corrected chi connectivity index (χ2v) is 4.28. The van der Waals surface area contributed by atoms with E-state index in [9.17, 15) is 5.11 Å². The lowest BCUT2D eigenvalue weighted by molar-refractivity contribution is 0.0284. The van der Waals surface area contributed by atoms with Gasteiger partial charge in [-0.3, -0.25) is 0 Å². The van der Waals surface area contributed by atoms with Crippen LogP contribution in [0, 0.1) is 0 Å². The highest BCUT2D eigenvalue weighted by Crippen LogP contribution is 2.20. The van der Waals surface area contributed by atoms with Gasteiger partial charge in [0.2, 0.25) is 0 Å².